The lowest BCUT2D eigenvalue weighted by molar-refractivity contribution is -0.159. The lowest BCUT2D eigenvalue weighted by Gasteiger charge is -2.58. The Hall–Kier alpha value is -1.38. The van der Waals surface area contributed by atoms with E-state index in [9.17, 15) is 9.59 Å². The number of ether oxygens (including phenoxy) is 1. The summed E-state index contributed by atoms with van der Waals surface area (Å²) in [5.74, 6) is 3.60. The van der Waals surface area contributed by atoms with E-state index in [1.54, 1.807) is 0 Å². The smallest absolute Gasteiger partial charge is 0.302 e. The van der Waals surface area contributed by atoms with Gasteiger partial charge in [0.05, 0.1) is 0 Å². The monoisotopic (exact) mass is 356 g/mol. The number of allylic oxidation sites excluding steroid dienone is 2. The third-order valence-electron chi connectivity index (χ3n) is 8.22. The van der Waals surface area contributed by atoms with Crippen LogP contribution in [0, 0.1) is 40.9 Å². The molecule has 0 aromatic rings. The van der Waals surface area contributed by atoms with Crippen molar-refractivity contribution in [1.82, 2.24) is 0 Å². The Bertz CT molecular complexity index is 662. The third-order valence-corrected chi connectivity index (χ3v) is 8.22. The minimum Gasteiger partial charge on any atom is -0.462 e. The average molecular weight is 357 g/mol. The van der Waals surface area contributed by atoms with E-state index in [0.29, 0.717) is 47.7 Å². The van der Waals surface area contributed by atoms with E-state index in [0.717, 1.165) is 32.1 Å². The van der Waals surface area contributed by atoms with Crippen molar-refractivity contribution in [3.63, 3.8) is 0 Å². The third kappa shape index (κ3) is 2.61. The molecule has 0 aliphatic heterocycles. The highest BCUT2D eigenvalue weighted by Crippen LogP contribution is 2.65. The standard InChI is InChI=1S/C23H32O3/c1-5-15-12-23(4)19(8-9-20(23)26-14(3)24)21-13(2)10-16-11-17(25)6-7-18(16)22(15)21/h5,11,13,15,18-22H,1,6-10,12H2,2-4H3/t13-,15+,18?,19?,20+,21?,22?,23+/m1/s1. The van der Waals surface area contributed by atoms with E-state index >= 15 is 0 Å². The topological polar surface area (TPSA) is 43.4 Å². The molecule has 0 amide bonds. The van der Waals surface area contributed by atoms with Crippen LogP contribution in [0.2, 0.25) is 0 Å². The van der Waals surface area contributed by atoms with Crippen molar-refractivity contribution in [3.8, 4) is 0 Å². The Morgan fingerprint density at radius 2 is 2.08 bits per heavy atom. The summed E-state index contributed by atoms with van der Waals surface area (Å²) in [7, 11) is 0. The summed E-state index contributed by atoms with van der Waals surface area (Å²) >= 11 is 0. The lowest BCUT2D eigenvalue weighted by atomic mass is 9.46. The molecule has 4 rings (SSSR count). The molecule has 0 radical (unpaired) electrons. The van der Waals surface area contributed by atoms with Gasteiger partial charge in [-0.15, -0.1) is 6.58 Å². The van der Waals surface area contributed by atoms with E-state index in [-0.39, 0.29) is 17.5 Å². The van der Waals surface area contributed by atoms with Crippen molar-refractivity contribution < 1.29 is 14.3 Å². The van der Waals surface area contributed by atoms with Gasteiger partial charge in [0, 0.05) is 18.8 Å². The molecule has 4 aliphatic carbocycles. The molecule has 142 valence electrons. The van der Waals surface area contributed by atoms with Gasteiger partial charge in [-0.2, -0.15) is 0 Å². The summed E-state index contributed by atoms with van der Waals surface area (Å²) in [6.45, 7) is 10.5. The van der Waals surface area contributed by atoms with E-state index < -0.39 is 0 Å². The van der Waals surface area contributed by atoms with Gasteiger partial charge in [-0.25, -0.2) is 0 Å². The SMILES string of the molecule is C=C[C@H]1C[C@@]2(C)C(CC[C@@H]2OC(C)=O)C2C1C1CCC(=O)C=C1C[C@H]2C. The van der Waals surface area contributed by atoms with Crippen molar-refractivity contribution in [2.45, 2.75) is 65.4 Å². The number of carbonyl (C=O) groups is 2. The Morgan fingerprint density at radius 3 is 2.77 bits per heavy atom. The molecule has 0 saturated heterocycles. The molecule has 26 heavy (non-hydrogen) atoms. The van der Waals surface area contributed by atoms with Crippen LogP contribution in [0.25, 0.3) is 0 Å². The molecule has 3 saturated carbocycles. The number of rotatable bonds is 2. The molecule has 0 heterocycles. The molecule has 3 heteroatoms. The number of carbonyl (C=O) groups excluding carboxylic acids is 2. The van der Waals surface area contributed by atoms with Crippen molar-refractivity contribution in [1.29, 1.82) is 0 Å². The van der Waals surface area contributed by atoms with Gasteiger partial charge in [-0.3, -0.25) is 9.59 Å². The van der Waals surface area contributed by atoms with Gasteiger partial charge >= 0.3 is 5.97 Å². The summed E-state index contributed by atoms with van der Waals surface area (Å²) in [6.07, 6.45) is 10.2. The summed E-state index contributed by atoms with van der Waals surface area (Å²) < 4.78 is 5.78. The molecule has 0 aromatic carbocycles. The molecule has 3 nitrogen and oxygen atoms in total. The van der Waals surface area contributed by atoms with Gasteiger partial charge in [-0.05, 0) is 73.7 Å². The van der Waals surface area contributed by atoms with E-state index in [2.05, 4.69) is 26.5 Å². The van der Waals surface area contributed by atoms with E-state index in [4.69, 9.17) is 4.74 Å². The maximum atomic E-state index is 12.0. The zero-order valence-electron chi connectivity index (χ0n) is 16.4. The zero-order chi connectivity index (χ0) is 18.6. The minimum absolute atomic E-state index is 0.0467. The molecule has 0 aromatic heterocycles. The summed E-state index contributed by atoms with van der Waals surface area (Å²) in [5.41, 5.74) is 1.46. The normalized spacial score (nSPS) is 47.3. The Morgan fingerprint density at radius 1 is 1.31 bits per heavy atom. The van der Waals surface area contributed by atoms with Crippen LogP contribution in [0.15, 0.2) is 24.3 Å². The van der Waals surface area contributed by atoms with E-state index in [1.165, 1.54) is 12.5 Å². The fourth-order valence-electron chi connectivity index (χ4n) is 7.35. The largest absolute Gasteiger partial charge is 0.462 e. The maximum Gasteiger partial charge on any atom is 0.302 e. The fraction of sp³-hybridized carbons (Fsp3) is 0.739. The second kappa shape index (κ2) is 6.35. The van der Waals surface area contributed by atoms with Gasteiger partial charge in [-0.1, -0.05) is 25.5 Å². The van der Waals surface area contributed by atoms with Crippen LogP contribution < -0.4 is 0 Å². The number of fused-ring (bicyclic) bond motifs is 5. The van der Waals surface area contributed by atoms with Crippen molar-refractivity contribution >= 4 is 11.8 Å². The minimum atomic E-state index is -0.151. The van der Waals surface area contributed by atoms with E-state index in [1.807, 2.05) is 6.08 Å². The molecular formula is C23H32O3. The van der Waals surface area contributed by atoms with Crippen LogP contribution in [0.4, 0.5) is 0 Å². The Labute approximate surface area is 157 Å². The molecule has 3 fully saturated rings. The first kappa shape index (κ1) is 18.0. The predicted molar refractivity (Wildman–Crippen MR) is 101 cm³/mol. The first-order valence-electron chi connectivity index (χ1n) is 10.4. The molecule has 8 atom stereocenters. The number of esters is 1. The second-order valence-corrected chi connectivity index (χ2v) is 9.56. The second-order valence-electron chi connectivity index (χ2n) is 9.56. The van der Waals surface area contributed by atoms with Crippen molar-refractivity contribution in [3.05, 3.63) is 24.3 Å². The predicted octanol–water partition coefficient (Wildman–Crippen LogP) is 4.72. The molecule has 4 aliphatic rings. The van der Waals surface area contributed by atoms with Crippen LogP contribution in [-0.2, 0) is 14.3 Å². The average Bonchev–Trinajstić information content (AvgIpc) is 2.89. The Kier molecular flexibility index (Phi) is 4.40. The number of hydrogen-bond donors (Lipinski definition) is 0. The van der Waals surface area contributed by atoms with Gasteiger partial charge < -0.3 is 4.74 Å². The van der Waals surface area contributed by atoms with Gasteiger partial charge in [0.1, 0.15) is 6.10 Å². The van der Waals surface area contributed by atoms with Gasteiger partial charge in [0.25, 0.3) is 0 Å². The maximum absolute atomic E-state index is 12.0. The molecule has 0 N–H and O–H groups in total. The number of hydrogen-bond acceptors (Lipinski definition) is 3. The fourth-order valence-corrected chi connectivity index (χ4v) is 7.35. The Balaban J connectivity index is 1.71. The highest BCUT2D eigenvalue weighted by molar-refractivity contribution is 5.91. The molecule has 0 spiro atoms. The quantitative estimate of drug-likeness (QED) is 0.531. The van der Waals surface area contributed by atoms with Crippen LogP contribution >= 0.6 is 0 Å². The summed E-state index contributed by atoms with van der Waals surface area (Å²) in [4.78, 5) is 23.6. The highest BCUT2D eigenvalue weighted by atomic mass is 16.5. The first-order valence-corrected chi connectivity index (χ1v) is 10.4. The zero-order valence-corrected chi connectivity index (χ0v) is 16.4. The van der Waals surface area contributed by atoms with Crippen LogP contribution in [0.3, 0.4) is 0 Å². The molecular weight excluding hydrogens is 324 g/mol. The summed E-state index contributed by atoms with van der Waals surface area (Å²) in [6, 6.07) is 0. The summed E-state index contributed by atoms with van der Waals surface area (Å²) in [5, 5.41) is 0. The van der Waals surface area contributed by atoms with Gasteiger partial charge in [0.15, 0.2) is 5.78 Å². The highest BCUT2D eigenvalue weighted by Gasteiger charge is 2.61. The van der Waals surface area contributed by atoms with Crippen molar-refractivity contribution in [2.24, 2.45) is 40.9 Å². The molecule has 0 bridgehead atoms. The number of ketones is 1. The van der Waals surface area contributed by atoms with Crippen LogP contribution in [0.1, 0.15) is 59.3 Å². The lowest BCUT2D eigenvalue weighted by Crippen LogP contribution is -2.54. The van der Waals surface area contributed by atoms with Crippen molar-refractivity contribution in [2.75, 3.05) is 0 Å². The van der Waals surface area contributed by atoms with Crippen LogP contribution in [0.5, 0.6) is 0 Å². The van der Waals surface area contributed by atoms with Crippen LogP contribution in [-0.4, -0.2) is 17.9 Å². The van der Waals surface area contributed by atoms with Gasteiger partial charge in [0.2, 0.25) is 0 Å². The first-order chi connectivity index (χ1) is 12.3. The molecule has 4 unspecified atom stereocenters.